The summed E-state index contributed by atoms with van der Waals surface area (Å²) in [6.45, 7) is -1.16. The Labute approximate surface area is 148 Å². The van der Waals surface area contributed by atoms with Gasteiger partial charge in [-0.3, -0.25) is 4.79 Å². The summed E-state index contributed by atoms with van der Waals surface area (Å²) in [4.78, 5) is 28.0. The number of hydrogen-bond donors (Lipinski definition) is 0. The number of carboxylic acids is 1. The highest BCUT2D eigenvalue weighted by atomic mass is 32.2. The molecule has 134 valence electrons. The fraction of sp³-hybridized carbons (Fsp3) is 0.400. The lowest BCUT2D eigenvalue weighted by Gasteiger charge is -2.24. The first-order valence-electron chi connectivity index (χ1n) is 7.46. The van der Waals surface area contributed by atoms with E-state index in [0.717, 1.165) is 5.69 Å². The van der Waals surface area contributed by atoms with Gasteiger partial charge in [0.25, 0.3) is 5.91 Å². The maximum Gasteiger partial charge on any atom is 0.274 e. The quantitative estimate of drug-likeness (QED) is 0.639. The van der Waals surface area contributed by atoms with E-state index in [1.807, 2.05) is 30.3 Å². The molecule has 0 radical (unpaired) electrons. The SMILES string of the molecule is O=C([O-])COCC(=O)N=C1S[C@@H]2CS(=O)(=O)C[C@@H]2N1c1ccccc1. The predicted molar refractivity (Wildman–Crippen MR) is 91.0 cm³/mol. The number of hydrogen-bond acceptors (Lipinski definition) is 7. The van der Waals surface area contributed by atoms with Crippen molar-refractivity contribution in [2.45, 2.75) is 11.3 Å². The lowest BCUT2D eigenvalue weighted by molar-refractivity contribution is -0.309. The number of carbonyl (C=O) groups is 2. The van der Waals surface area contributed by atoms with Crippen molar-refractivity contribution in [2.75, 3.05) is 29.6 Å². The van der Waals surface area contributed by atoms with Gasteiger partial charge in [-0.2, -0.15) is 4.99 Å². The molecule has 0 aromatic heterocycles. The average molecular weight is 383 g/mol. The van der Waals surface area contributed by atoms with Gasteiger partial charge in [-0.25, -0.2) is 8.42 Å². The second-order valence-corrected chi connectivity index (χ2v) is 9.02. The standard InChI is InChI=1S/C15H16N2O6S2/c18-13(6-23-7-14(19)20)16-15-17(10-4-2-1-3-5-10)11-8-25(21,22)9-12(11)24-15/h1-5,11-12H,6-9H2,(H,19,20)/p-1/t11-,12+/m0/s1. The largest absolute Gasteiger partial charge is 0.548 e. The van der Waals surface area contributed by atoms with E-state index in [-0.39, 0.29) is 22.8 Å². The van der Waals surface area contributed by atoms with Gasteiger partial charge in [0.05, 0.1) is 30.1 Å². The molecule has 2 fully saturated rings. The van der Waals surface area contributed by atoms with Gasteiger partial charge in [-0.1, -0.05) is 30.0 Å². The number of thioether (sulfide) groups is 1. The Morgan fingerprint density at radius 2 is 1.96 bits per heavy atom. The van der Waals surface area contributed by atoms with Crippen LogP contribution in [0.2, 0.25) is 0 Å². The van der Waals surface area contributed by atoms with Gasteiger partial charge in [0.2, 0.25) is 0 Å². The zero-order valence-corrected chi connectivity index (χ0v) is 14.7. The molecule has 2 atom stereocenters. The first-order chi connectivity index (χ1) is 11.9. The fourth-order valence-corrected chi connectivity index (χ4v) is 6.75. The normalized spacial score (nSPS) is 25.9. The highest BCUT2D eigenvalue weighted by Crippen LogP contribution is 2.40. The molecule has 1 amide bonds. The number of amides is 1. The molecule has 0 spiro atoms. The van der Waals surface area contributed by atoms with Crippen molar-refractivity contribution in [2.24, 2.45) is 4.99 Å². The molecule has 2 heterocycles. The molecule has 0 saturated carbocycles. The van der Waals surface area contributed by atoms with E-state index in [1.54, 1.807) is 4.90 Å². The minimum absolute atomic E-state index is 0.00789. The number of carbonyl (C=O) groups excluding carboxylic acids is 2. The van der Waals surface area contributed by atoms with Gasteiger partial charge in [-0.15, -0.1) is 0 Å². The van der Waals surface area contributed by atoms with Gasteiger partial charge in [0.15, 0.2) is 15.0 Å². The van der Waals surface area contributed by atoms with E-state index in [0.29, 0.717) is 5.17 Å². The Balaban J connectivity index is 1.82. The average Bonchev–Trinajstić information content (AvgIpc) is 2.98. The van der Waals surface area contributed by atoms with Crippen LogP contribution in [0.15, 0.2) is 35.3 Å². The molecule has 10 heteroatoms. The Hall–Kier alpha value is -1.91. The number of ether oxygens (including phenoxy) is 1. The molecular weight excluding hydrogens is 368 g/mol. The van der Waals surface area contributed by atoms with Crippen molar-refractivity contribution in [1.82, 2.24) is 0 Å². The monoisotopic (exact) mass is 383 g/mol. The minimum Gasteiger partial charge on any atom is -0.548 e. The first kappa shape index (κ1) is 17.9. The van der Waals surface area contributed by atoms with Crippen LogP contribution >= 0.6 is 11.8 Å². The van der Waals surface area contributed by atoms with E-state index < -0.39 is 34.9 Å². The van der Waals surface area contributed by atoms with Crippen LogP contribution in [-0.4, -0.2) is 61.5 Å². The number of para-hydroxylation sites is 1. The van der Waals surface area contributed by atoms with Crippen molar-refractivity contribution in [3.05, 3.63) is 30.3 Å². The number of aliphatic imine (C=N–C) groups is 1. The predicted octanol–water partition coefficient (Wildman–Crippen LogP) is -0.945. The fourth-order valence-electron chi connectivity index (χ4n) is 2.82. The van der Waals surface area contributed by atoms with Crippen LogP contribution in [-0.2, 0) is 24.2 Å². The third-order valence-corrected chi connectivity index (χ3v) is 6.98. The number of rotatable bonds is 5. The maximum atomic E-state index is 11.9. The van der Waals surface area contributed by atoms with Crippen LogP contribution in [0.3, 0.4) is 0 Å². The van der Waals surface area contributed by atoms with Gasteiger partial charge in [-0.05, 0) is 12.1 Å². The molecule has 8 nitrogen and oxygen atoms in total. The van der Waals surface area contributed by atoms with Gasteiger partial charge < -0.3 is 19.5 Å². The number of carboxylic acid groups (broad SMARTS) is 1. The number of nitrogens with zero attached hydrogens (tertiary/aromatic N) is 2. The third kappa shape index (κ3) is 4.20. The molecule has 2 aliphatic heterocycles. The summed E-state index contributed by atoms with van der Waals surface area (Å²) in [6, 6.07) is 8.83. The van der Waals surface area contributed by atoms with Crippen molar-refractivity contribution in [3.63, 3.8) is 0 Å². The van der Waals surface area contributed by atoms with Crippen molar-refractivity contribution in [1.29, 1.82) is 0 Å². The summed E-state index contributed by atoms with van der Waals surface area (Å²) < 4.78 is 28.5. The molecule has 0 unspecified atom stereocenters. The zero-order chi connectivity index (χ0) is 18.0. The molecule has 1 aromatic rings. The molecule has 2 saturated heterocycles. The van der Waals surface area contributed by atoms with E-state index in [4.69, 9.17) is 4.74 Å². The molecule has 25 heavy (non-hydrogen) atoms. The summed E-state index contributed by atoms with van der Waals surface area (Å²) in [7, 11) is -3.12. The number of aliphatic carboxylic acids is 1. The van der Waals surface area contributed by atoms with Crippen molar-refractivity contribution >= 4 is 44.3 Å². The van der Waals surface area contributed by atoms with Crippen LogP contribution in [0.1, 0.15) is 0 Å². The van der Waals surface area contributed by atoms with Crippen LogP contribution in [0, 0.1) is 0 Å². The molecule has 0 bridgehead atoms. The first-order valence-corrected chi connectivity index (χ1v) is 10.2. The molecule has 1 aromatic carbocycles. The highest BCUT2D eigenvalue weighted by Gasteiger charge is 2.49. The minimum atomic E-state index is -3.12. The molecular formula is C15H15N2O6S2-. The number of fused-ring (bicyclic) bond motifs is 1. The summed E-state index contributed by atoms with van der Waals surface area (Å²) in [5, 5.41) is 10.5. The summed E-state index contributed by atoms with van der Waals surface area (Å²) >= 11 is 1.25. The highest BCUT2D eigenvalue weighted by molar-refractivity contribution is 8.16. The second kappa shape index (κ2) is 7.14. The Kier molecular flexibility index (Phi) is 5.11. The number of amidine groups is 1. The molecule has 0 N–H and O–H groups in total. The molecule has 2 aliphatic rings. The van der Waals surface area contributed by atoms with E-state index >= 15 is 0 Å². The topological polar surface area (TPSA) is 116 Å². The Morgan fingerprint density at radius 3 is 2.64 bits per heavy atom. The van der Waals surface area contributed by atoms with E-state index in [1.165, 1.54) is 11.8 Å². The van der Waals surface area contributed by atoms with Crippen molar-refractivity contribution < 1.29 is 27.9 Å². The third-order valence-electron chi connectivity index (χ3n) is 3.77. The summed E-state index contributed by atoms with van der Waals surface area (Å²) in [6.07, 6.45) is 0. The summed E-state index contributed by atoms with van der Waals surface area (Å²) in [5.41, 5.74) is 0.752. The van der Waals surface area contributed by atoms with E-state index in [2.05, 4.69) is 4.99 Å². The van der Waals surface area contributed by atoms with Gasteiger partial charge in [0, 0.05) is 10.9 Å². The number of benzene rings is 1. The summed E-state index contributed by atoms with van der Waals surface area (Å²) in [5.74, 6) is -2.00. The second-order valence-electron chi connectivity index (χ2n) is 5.66. The van der Waals surface area contributed by atoms with Crippen LogP contribution in [0.5, 0.6) is 0 Å². The molecule has 3 rings (SSSR count). The Morgan fingerprint density at radius 1 is 1.24 bits per heavy atom. The lowest BCUT2D eigenvalue weighted by atomic mass is 10.2. The zero-order valence-electron chi connectivity index (χ0n) is 13.0. The maximum absolute atomic E-state index is 11.9. The number of sulfone groups is 1. The lowest BCUT2D eigenvalue weighted by Crippen LogP contribution is -2.37. The molecule has 0 aliphatic carbocycles. The van der Waals surface area contributed by atoms with Crippen LogP contribution in [0.4, 0.5) is 5.69 Å². The van der Waals surface area contributed by atoms with Gasteiger partial charge >= 0.3 is 0 Å². The van der Waals surface area contributed by atoms with Gasteiger partial charge in [0.1, 0.15) is 6.61 Å². The number of anilines is 1. The Bertz CT molecular complexity index is 809. The van der Waals surface area contributed by atoms with E-state index in [9.17, 15) is 23.1 Å². The van der Waals surface area contributed by atoms with Crippen LogP contribution < -0.4 is 10.0 Å². The van der Waals surface area contributed by atoms with Crippen LogP contribution in [0.25, 0.3) is 0 Å². The van der Waals surface area contributed by atoms with Crippen molar-refractivity contribution in [3.8, 4) is 0 Å². The smallest absolute Gasteiger partial charge is 0.274 e.